The minimum Gasteiger partial charge on any atom is -0.388 e. The summed E-state index contributed by atoms with van der Waals surface area (Å²) in [6.07, 6.45) is 1.23. The predicted octanol–water partition coefficient (Wildman–Crippen LogP) is 2.65. The molecule has 3 aromatic rings. The molecule has 1 aliphatic heterocycles. The highest BCUT2D eigenvalue weighted by Crippen LogP contribution is 2.26. The fraction of sp³-hybridized carbons (Fsp3) is 0.412. The average Bonchev–Trinajstić information content (AvgIpc) is 3.33. The topological polar surface area (TPSA) is 71.5 Å². The molecule has 0 unspecified atom stereocenters. The van der Waals surface area contributed by atoms with E-state index in [0.717, 1.165) is 24.5 Å². The molecule has 1 aliphatic rings. The van der Waals surface area contributed by atoms with Crippen molar-refractivity contribution in [1.29, 1.82) is 0 Å². The Bertz CT molecular complexity index is 859. The van der Waals surface area contributed by atoms with Crippen LogP contribution >= 0.6 is 22.7 Å². The summed E-state index contributed by atoms with van der Waals surface area (Å²) >= 11 is 3.17. The maximum atomic E-state index is 12.0. The Hall–Kier alpha value is -1.74. The van der Waals surface area contributed by atoms with Crippen molar-refractivity contribution in [3.63, 3.8) is 0 Å². The Morgan fingerprint density at radius 1 is 1.28 bits per heavy atom. The first-order chi connectivity index (χ1) is 12.1. The third-order valence-electron chi connectivity index (χ3n) is 4.56. The van der Waals surface area contributed by atoms with Crippen LogP contribution in [0, 0.1) is 0 Å². The first-order valence-electron chi connectivity index (χ1n) is 8.19. The smallest absolute Gasteiger partial charge is 0.388 e. The van der Waals surface area contributed by atoms with Gasteiger partial charge in [0.2, 0.25) is 0 Å². The summed E-state index contributed by atoms with van der Waals surface area (Å²) in [5.41, 5.74) is 0.391. The van der Waals surface area contributed by atoms with Gasteiger partial charge in [0.05, 0.1) is 17.0 Å². The Morgan fingerprint density at radius 2 is 2.12 bits per heavy atom. The standard InChI is InChI=1S/C17H19N3O3S2/c21-16-20(18-15(23-16)14-2-1-8-25-14)12-17(22)4-6-19(7-5-17)10-13-3-9-24-11-13/h1-3,8-9,11,22H,4-7,10,12H2. The normalized spacial score (nSPS) is 17.8. The van der Waals surface area contributed by atoms with E-state index in [0.29, 0.717) is 18.7 Å². The summed E-state index contributed by atoms with van der Waals surface area (Å²) in [5, 5.41) is 21.3. The lowest BCUT2D eigenvalue weighted by molar-refractivity contribution is -0.0391. The van der Waals surface area contributed by atoms with Crippen LogP contribution in [-0.4, -0.2) is 38.5 Å². The number of rotatable bonds is 5. The first-order valence-corrected chi connectivity index (χ1v) is 10.0. The lowest BCUT2D eigenvalue weighted by Gasteiger charge is -2.37. The van der Waals surface area contributed by atoms with E-state index in [1.807, 2.05) is 17.5 Å². The average molecular weight is 377 g/mol. The van der Waals surface area contributed by atoms with Crippen molar-refractivity contribution >= 4 is 22.7 Å². The number of nitrogens with zero attached hydrogens (tertiary/aromatic N) is 3. The van der Waals surface area contributed by atoms with E-state index in [4.69, 9.17) is 4.42 Å². The molecule has 3 aromatic heterocycles. The number of hydrogen-bond acceptors (Lipinski definition) is 7. The molecule has 8 heteroatoms. The van der Waals surface area contributed by atoms with Gasteiger partial charge in [0, 0.05) is 19.6 Å². The van der Waals surface area contributed by atoms with Gasteiger partial charge >= 0.3 is 5.76 Å². The number of thiophene rings is 2. The van der Waals surface area contributed by atoms with E-state index in [2.05, 4.69) is 26.8 Å². The van der Waals surface area contributed by atoms with Crippen LogP contribution in [0.5, 0.6) is 0 Å². The number of hydrogen-bond donors (Lipinski definition) is 1. The highest BCUT2D eigenvalue weighted by molar-refractivity contribution is 7.13. The quantitative estimate of drug-likeness (QED) is 0.740. The van der Waals surface area contributed by atoms with Gasteiger partial charge in [-0.25, -0.2) is 4.79 Å². The zero-order valence-electron chi connectivity index (χ0n) is 13.6. The van der Waals surface area contributed by atoms with Gasteiger partial charge in [0.1, 0.15) is 0 Å². The van der Waals surface area contributed by atoms with E-state index in [-0.39, 0.29) is 6.54 Å². The van der Waals surface area contributed by atoms with Gasteiger partial charge in [-0.15, -0.1) is 16.4 Å². The number of aromatic nitrogens is 2. The molecule has 0 aromatic carbocycles. The molecular formula is C17H19N3O3S2. The Kier molecular flexibility index (Phi) is 4.60. The van der Waals surface area contributed by atoms with E-state index in [1.165, 1.54) is 21.6 Å². The van der Waals surface area contributed by atoms with E-state index >= 15 is 0 Å². The molecule has 1 saturated heterocycles. The fourth-order valence-corrected chi connectivity index (χ4v) is 4.42. The molecular weight excluding hydrogens is 358 g/mol. The highest BCUT2D eigenvalue weighted by atomic mass is 32.1. The minimum atomic E-state index is -0.918. The third-order valence-corrected chi connectivity index (χ3v) is 6.15. The van der Waals surface area contributed by atoms with Crippen molar-refractivity contribution < 1.29 is 9.52 Å². The molecule has 0 saturated carbocycles. The molecule has 132 valence electrons. The second kappa shape index (κ2) is 6.87. The Morgan fingerprint density at radius 3 is 2.80 bits per heavy atom. The number of aliphatic hydroxyl groups is 1. The summed E-state index contributed by atoms with van der Waals surface area (Å²) in [6, 6.07) is 5.88. The van der Waals surface area contributed by atoms with Gasteiger partial charge in [-0.3, -0.25) is 4.90 Å². The molecule has 4 rings (SSSR count). The SMILES string of the molecule is O=c1oc(-c2cccs2)nn1CC1(O)CCN(Cc2ccsc2)CC1. The van der Waals surface area contributed by atoms with Crippen LogP contribution in [-0.2, 0) is 13.1 Å². The molecule has 25 heavy (non-hydrogen) atoms. The molecule has 6 nitrogen and oxygen atoms in total. The maximum absolute atomic E-state index is 12.0. The lowest BCUT2D eigenvalue weighted by Crippen LogP contribution is -2.47. The largest absolute Gasteiger partial charge is 0.437 e. The number of likely N-dealkylation sites (tertiary alicyclic amines) is 1. The van der Waals surface area contributed by atoms with E-state index < -0.39 is 11.4 Å². The Balaban J connectivity index is 1.40. The predicted molar refractivity (Wildman–Crippen MR) is 97.9 cm³/mol. The summed E-state index contributed by atoms with van der Waals surface area (Å²) in [4.78, 5) is 15.2. The van der Waals surface area contributed by atoms with Crippen molar-refractivity contribution in [2.24, 2.45) is 0 Å². The lowest BCUT2D eigenvalue weighted by atomic mass is 9.91. The van der Waals surface area contributed by atoms with Crippen molar-refractivity contribution in [3.8, 4) is 10.8 Å². The van der Waals surface area contributed by atoms with Gasteiger partial charge in [-0.05, 0) is 46.7 Å². The zero-order chi connectivity index (χ0) is 17.3. The van der Waals surface area contributed by atoms with Crippen LogP contribution in [0.25, 0.3) is 10.8 Å². The third kappa shape index (κ3) is 3.77. The molecule has 0 bridgehead atoms. The van der Waals surface area contributed by atoms with Crippen molar-refractivity contribution in [2.45, 2.75) is 31.5 Å². The van der Waals surface area contributed by atoms with Crippen LogP contribution in [0.4, 0.5) is 0 Å². The summed E-state index contributed by atoms with van der Waals surface area (Å²) in [5.74, 6) is -0.198. The molecule has 0 aliphatic carbocycles. The summed E-state index contributed by atoms with van der Waals surface area (Å²) < 4.78 is 6.48. The second-order valence-electron chi connectivity index (χ2n) is 6.44. The molecule has 1 fully saturated rings. The van der Waals surface area contributed by atoms with Crippen LogP contribution < -0.4 is 5.76 Å². The van der Waals surface area contributed by atoms with Crippen LogP contribution in [0.3, 0.4) is 0 Å². The minimum absolute atomic E-state index is 0.174. The highest BCUT2D eigenvalue weighted by Gasteiger charge is 2.34. The monoisotopic (exact) mass is 377 g/mol. The molecule has 1 N–H and O–H groups in total. The first kappa shape index (κ1) is 16.7. The maximum Gasteiger partial charge on any atom is 0.437 e. The zero-order valence-corrected chi connectivity index (χ0v) is 15.3. The molecule has 0 spiro atoms. The van der Waals surface area contributed by atoms with Crippen LogP contribution in [0.1, 0.15) is 18.4 Å². The Labute approximate surface area is 153 Å². The van der Waals surface area contributed by atoms with Crippen LogP contribution in [0.15, 0.2) is 43.6 Å². The number of piperidine rings is 1. The van der Waals surface area contributed by atoms with Crippen molar-refractivity contribution in [2.75, 3.05) is 13.1 Å². The van der Waals surface area contributed by atoms with Gasteiger partial charge in [0.25, 0.3) is 5.89 Å². The van der Waals surface area contributed by atoms with Crippen molar-refractivity contribution in [1.82, 2.24) is 14.7 Å². The molecule has 0 radical (unpaired) electrons. The van der Waals surface area contributed by atoms with Gasteiger partial charge in [-0.1, -0.05) is 6.07 Å². The van der Waals surface area contributed by atoms with E-state index in [1.54, 1.807) is 11.3 Å². The summed E-state index contributed by atoms with van der Waals surface area (Å²) in [6.45, 7) is 2.69. The summed E-state index contributed by atoms with van der Waals surface area (Å²) in [7, 11) is 0. The second-order valence-corrected chi connectivity index (χ2v) is 8.17. The van der Waals surface area contributed by atoms with E-state index in [9.17, 15) is 9.90 Å². The van der Waals surface area contributed by atoms with Gasteiger partial charge in [-0.2, -0.15) is 16.0 Å². The van der Waals surface area contributed by atoms with Gasteiger partial charge < -0.3 is 9.52 Å². The van der Waals surface area contributed by atoms with Gasteiger partial charge in [0.15, 0.2) is 0 Å². The van der Waals surface area contributed by atoms with Crippen molar-refractivity contribution in [3.05, 3.63) is 50.5 Å². The van der Waals surface area contributed by atoms with Crippen LogP contribution in [0.2, 0.25) is 0 Å². The fourth-order valence-electron chi connectivity index (χ4n) is 3.11. The molecule has 4 heterocycles. The molecule has 0 atom stereocenters. The molecule has 0 amide bonds.